The van der Waals surface area contributed by atoms with Crippen molar-refractivity contribution in [2.24, 2.45) is 11.7 Å². The van der Waals surface area contributed by atoms with E-state index < -0.39 is 11.5 Å². The van der Waals surface area contributed by atoms with Gasteiger partial charge >= 0.3 is 5.97 Å². The lowest BCUT2D eigenvalue weighted by molar-refractivity contribution is -0.145. The monoisotopic (exact) mass is 223 g/mol. The molecule has 0 amide bonds. The van der Waals surface area contributed by atoms with E-state index in [1.807, 2.05) is 10.8 Å². The number of carbonyl (C=O) groups is 1. The van der Waals surface area contributed by atoms with Crippen molar-refractivity contribution in [3.8, 4) is 0 Å². The second-order valence-corrected chi connectivity index (χ2v) is 4.68. The Hall–Kier alpha value is -1.36. The van der Waals surface area contributed by atoms with E-state index in [9.17, 15) is 4.79 Å². The number of rotatable bonds is 3. The second-order valence-electron chi connectivity index (χ2n) is 4.68. The van der Waals surface area contributed by atoms with Crippen LogP contribution in [-0.2, 0) is 11.3 Å². The minimum absolute atomic E-state index is 0.337. The minimum atomic E-state index is -1.02. The van der Waals surface area contributed by atoms with E-state index in [-0.39, 0.29) is 0 Å². The molecular formula is C11H17N3O2. The van der Waals surface area contributed by atoms with E-state index >= 15 is 0 Å². The highest BCUT2D eigenvalue weighted by molar-refractivity contribution is 5.78. The van der Waals surface area contributed by atoms with Crippen LogP contribution in [0.5, 0.6) is 0 Å². The first kappa shape index (κ1) is 11.1. The molecule has 1 saturated carbocycles. The maximum Gasteiger partial charge on any atom is 0.323 e. The average Bonchev–Trinajstić information content (AvgIpc) is 2.70. The lowest BCUT2D eigenvalue weighted by Crippen LogP contribution is -2.51. The largest absolute Gasteiger partial charge is 0.480 e. The normalized spacial score (nSPS) is 30.2. The van der Waals surface area contributed by atoms with Crippen LogP contribution in [0, 0.1) is 5.92 Å². The highest BCUT2D eigenvalue weighted by Crippen LogP contribution is 2.31. The van der Waals surface area contributed by atoms with Crippen molar-refractivity contribution in [1.82, 2.24) is 9.55 Å². The molecule has 0 aliphatic heterocycles. The molecule has 16 heavy (non-hydrogen) atoms. The van der Waals surface area contributed by atoms with Crippen molar-refractivity contribution in [1.29, 1.82) is 0 Å². The molecule has 0 aromatic carbocycles. The van der Waals surface area contributed by atoms with Crippen LogP contribution in [0.3, 0.4) is 0 Å². The van der Waals surface area contributed by atoms with E-state index in [1.54, 1.807) is 12.5 Å². The van der Waals surface area contributed by atoms with Crippen LogP contribution in [0.2, 0.25) is 0 Å². The molecule has 1 aromatic heterocycles. The van der Waals surface area contributed by atoms with Crippen molar-refractivity contribution < 1.29 is 9.90 Å². The van der Waals surface area contributed by atoms with Crippen LogP contribution in [-0.4, -0.2) is 26.2 Å². The number of nitrogens with zero attached hydrogens (tertiary/aromatic N) is 2. The standard InChI is InChI=1S/C11H17N3O2/c12-11(10(15)16)3-1-2-9(6-11)7-14-5-4-13-8-14/h4-5,8-9H,1-3,6-7,12H2,(H,15,16). The molecular weight excluding hydrogens is 206 g/mol. The molecule has 5 nitrogen and oxygen atoms in total. The second kappa shape index (κ2) is 4.25. The number of aromatic nitrogens is 2. The first-order chi connectivity index (χ1) is 7.60. The molecule has 88 valence electrons. The van der Waals surface area contributed by atoms with Gasteiger partial charge < -0.3 is 15.4 Å². The van der Waals surface area contributed by atoms with Gasteiger partial charge in [-0.1, -0.05) is 6.42 Å². The van der Waals surface area contributed by atoms with Gasteiger partial charge in [0.25, 0.3) is 0 Å². The fourth-order valence-corrected chi connectivity index (χ4v) is 2.47. The van der Waals surface area contributed by atoms with Crippen molar-refractivity contribution >= 4 is 5.97 Å². The number of hydrogen-bond acceptors (Lipinski definition) is 3. The third-order valence-electron chi connectivity index (χ3n) is 3.34. The fourth-order valence-electron chi connectivity index (χ4n) is 2.47. The Bertz CT molecular complexity index is 363. The van der Waals surface area contributed by atoms with Gasteiger partial charge in [0, 0.05) is 18.9 Å². The predicted molar refractivity (Wildman–Crippen MR) is 58.7 cm³/mol. The Labute approximate surface area is 94.3 Å². The maximum atomic E-state index is 11.1. The van der Waals surface area contributed by atoms with Gasteiger partial charge in [0.2, 0.25) is 0 Å². The predicted octanol–water partition coefficient (Wildman–Crippen LogP) is 0.855. The fraction of sp³-hybridized carbons (Fsp3) is 0.636. The molecule has 2 unspecified atom stereocenters. The first-order valence-electron chi connectivity index (χ1n) is 5.58. The Balaban J connectivity index is 1.99. The van der Waals surface area contributed by atoms with Crippen molar-refractivity contribution in [3.63, 3.8) is 0 Å². The van der Waals surface area contributed by atoms with Crippen LogP contribution in [0.4, 0.5) is 0 Å². The number of imidazole rings is 1. The van der Waals surface area contributed by atoms with E-state index in [0.29, 0.717) is 18.8 Å². The molecule has 2 rings (SSSR count). The topological polar surface area (TPSA) is 81.1 Å². The number of aliphatic carboxylic acids is 1. The zero-order chi connectivity index (χ0) is 11.6. The summed E-state index contributed by atoms with van der Waals surface area (Å²) in [5.41, 5.74) is 4.87. The van der Waals surface area contributed by atoms with Gasteiger partial charge in [0.1, 0.15) is 5.54 Å². The van der Waals surface area contributed by atoms with Crippen LogP contribution in [0.1, 0.15) is 25.7 Å². The summed E-state index contributed by atoms with van der Waals surface area (Å²) >= 11 is 0. The van der Waals surface area contributed by atoms with Crippen LogP contribution in [0.15, 0.2) is 18.7 Å². The summed E-state index contributed by atoms with van der Waals surface area (Å²) in [6.45, 7) is 0.812. The number of carboxylic acid groups (broad SMARTS) is 1. The molecule has 0 bridgehead atoms. The molecule has 1 aliphatic carbocycles. The SMILES string of the molecule is NC1(C(=O)O)CCCC(Cn2ccnc2)C1. The van der Waals surface area contributed by atoms with Gasteiger partial charge in [-0.05, 0) is 25.2 Å². The summed E-state index contributed by atoms with van der Waals surface area (Å²) in [6.07, 6.45) is 8.46. The average molecular weight is 223 g/mol. The van der Waals surface area contributed by atoms with Gasteiger partial charge in [-0.3, -0.25) is 4.79 Å². The molecule has 3 N–H and O–H groups in total. The molecule has 0 radical (unpaired) electrons. The van der Waals surface area contributed by atoms with Gasteiger partial charge in [-0.2, -0.15) is 0 Å². The summed E-state index contributed by atoms with van der Waals surface area (Å²) < 4.78 is 1.98. The summed E-state index contributed by atoms with van der Waals surface area (Å²) in [5, 5.41) is 9.10. The molecule has 1 aromatic rings. The molecule has 0 saturated heterocycles. The van der Waals surface area contributed by atoms with Crippen LogP contribution >= 0.6 is 0 Å². The Kier molecular flexibility index (Phi) is 2.96. The Morgan fingerprint density at radius 3 is 3.12 bits per heavy atom. The molecule has 2 atom stereocenters. The summed E-state index contributed by atoms with van der Waals surface area (Å²) in [5.74, 6) is -0.535. The van der Waals surface area contributed by atoms with Crippen molar-refractivity contribution in [2.75, 3.05) is 0 Å². The van der Waals surface area contributed by atoms with Crippen LogP contribution in [0.25, 0.3) is 0 Å². The van der Waals surface area contributed by atoms with Gasteiger partial charge in [0.05, 0.1) is 6.33 Å². The number of nitrogens with two attached hydrogens (primary N) is 1. The summed E-state index contributed by atoms with van der Waals surface area (Å²) in [6, 6.07) is 0. The third-order valence-corrected chi connectivity index (χ3v) is 3.34. The van der Waals surface area contributed by atoms with Crippen molar-refractivity contribution in [2.45, 2.75) is 37.8 Å². The van der Waals surface area contributed by atoms with E-state index in [4.69, 9.17) is 10.8 Å². The minimum Gasteiger partial charge on any atom is -0.480 e. The highest BCUT2D eigenvalue weighted by atomic mass is 16.4. The molecule has 1 aliphatic rings. The zero-order valence-corrected chi connectivity index (χ0v) is 9.17. The zero-order valence-electron chi connectivity index (χ0n) is 9.17. The summed E-state index contributed by atoms with van der Waals surface area (Å²) in [7, 11) is 0. The van der Waals surface area contributed by atoms with Crippen LogP contribution < -0.4 is 5.73 Å². The van der Waals surface area contributed by atoms with Crippen molar-refractivity contribution in [3.05, 3.63) is 18.7 Å². The van der Waals surface area contributed by atoms with E-state index in [0.717, 1.165) is 19.4 Å². The summed E-state index contributed by atoms with van der Waals surface area (Å²) in [4.78, 5) is 15.1. The van der Waals surface area contributed by atoms with Gasteiger partial charge in [-0.25, -0.2) is 4.98 Å². The number of hydrogen-bond donors (Lipinski definition) is 2. The lowest BCUT2D eigenvalue weighted by Gasteiger charge is -2.34. The highest BCUT2D eigenvalue weighted by Gasteiger charge is 2.39. The third kappa shape index (κ3) is 2.24. The first-order valence-corrected chi connectivity index (χ1v) is 5.58. The molecule has 1 heterocycles. The maximum absolute atomic E-state index is 11.1. The number of carboxylic acids is 1. The Morgan fingerprint density at radius 1 is 1.69 bits per heavy atom. The smallest absolute Gasteiger partial charge is 0.323 e. The van der Waals surface area contributed by atoms with E-state index in [1.165, 1.54) is 0 Å². The van der Waals surface area contributed by atoms with Gasteiger partial charge in [0.15, 0.2) is 0 Å². The molecule has 0 spiro atoms. The molecule has 5 heteroatoms. The lowest BCUT2D eigenvalue weighted by atomic mass is 9.76. The molecule has 1 fully saturated rings. The van der Waals surface area contributed by atoms with E-state index in [2.05, 4.69) is 4.98 Å². The van der Waals surface area contributed by atoms with Gasteiger partial charge in [-0.15, -0.1) is 0 Å². The Morgan fingerprint density at radius 2 is 2.50 bits per heavy atom. The quantitative estimate of drug-likeness (QED) is 0.796.